The number of carbonyl (C=O) groups is 2. The third-order valence-electron chi connectivity index (χ3n) is 5.03. The number of benzene rings is 3. The Hall–Kier alpha value is -3.65. The normalized spacial score (nSPS) is 17.2. The number of amides is 2. The molecule has 2 amide bonds. The molecule has 33 heavy (non-hydrogen) atoms. The van der Waals surface area contributed by atoms with Gasteiger partial charge in [-0.1, -0.05) is 54.2 Å². The SMILES string of the molecule is COc1ccccc1NC(=O)C1CC(=O)N(Cc2ccccc2)C(=Nc2ccc(F)cc2)S1. The van der Waals surface area contributed by atoms with Gasteiger partial charge in [0.15, 0.2) is 5.17 Å². The molecule has 1 unspecified atom stereocenters. The minimum atomic E-state index is -0.673. The van der Waals surface area contributed by atoms with Crippen molar-refractivity contribution in [3.8, 4) is 5.75 Å². The molecule has 3 aromatic rings. The molecule has 8 heteroatoms. The fourth-order valence-corrected chi connectivity index (χ4v) is 4.45. The molecule has 6 nitrogen and oxygen atoms in total. The van der Waals surface area contributed by atoms with Crippen LogP contribution in [0.4, 0.5) is 15.8 Å². The van der Waals surface area contributed by atoms with Crippen LogP contribution in [0.2, 0.25) is 0 Å². The second-order valence-corrected chi connectivity index (χ2v) is 8.51. The summed E-state index contributed by atoms with van der Waals surface area (Å²) in [6.07, 6.45) is 0.0287. The first-order valence-corrected chi connectivity index (χ1v) is 11.2. The Bertz CT molecular complexity index is 1170. The standard InChI is InChI=1S/C25H22FN3O3S/c1-32-21-10-6-5-9-20(21)28-24(31)22-15-23(30)29(16-17-7-3-2-4-8-17)25(33-22)27-19-13-11-18(26)12-14-19/h2-14,22H,15-16H2,1H3,(H,28,31). The molecule has 4 rings (SSSR count). The van der Waals surface area contributed by atoms with E-state index in [-0.39, 0.29) is 24.1 Å². The van der Waals surface area contributed by atoms with Crippen LogP contribution in [0.15, 0.2) is 83.9 Å². The zero-order valence-corrected chi connectivity index (χ0v) is 18.7. The van der Waals surface area contributed by atoms with Gasteiger partial charge < -0.3 is 10.1 Å². The first-order chi connectivity index (χ1) is 16.0. The van der Waals surface area contributed by atoms with Crippen LogP contribution in [-0.2, 0) is 16.1 Å². The molecule has 1 fully saturated rings. The van der Waals surface area contributed by atoms with Crippen LogP contribution in [0.1, 0.15) is 12.0 Å². The summed E-state index contributed by atoms with van der Waals surface area (Å²) in [6.45, 7) is 0.327. The van der Waals surface area contributed by atoms with Crippen LogP contribution in [0, 0.1) is 5.82 Å². The van der Waals surface area contributed by atoms with Gasteiger partial charge >= 0.3 is 0 Å². The third kappa shape index (κ3) is 5.59. The van der Waals surface area contributed by atoms with E-state index in [0.29, 0.717) is 28.8 Å². The van der Waals surface area contributed by atoms with Crippen LogP contribution in [-0.4, -0.2) is 34.2 Å². The van der Waals surface area contributed by atoms with Gasteiger partial charge in [-0.2, -0.15) is 0 Å². The quantitative estimate of drug-likeness (QED) is 0.559. The Labute approximate surface area is 195 Å². The number of thioether (sulfide) groups is 1. The molecule has 1 heterocycles. The van der Waals surface area contributed by atoms with Gasteiger partial charge in [0.2, 0.25) is 11.8 Å². The summed E-state index contributed by atoms with van der Waals surface area (Å²) in [5, 5.41) is 2.57. The van der Waals surface area contributed by atoms with Crippen molar-refractivity contribution in [2.24, 2.45) is 4.99 Å². The average Bonchev–Trinajstić information content (AvgIpc) is 2.83. The van der Waals surface area contributed by atoms with Gasteiger partial charge in [0.05, 0.1) is 25.0 Å². The number of rotatable bonds is 6. The average molecular weight is 464 g/mol. The van der Waals surface area contributed by atoms with Crippen molar-refractivity contribution in [1.29, 1.82) is 0 Å². The molecule has 1 aliphatic rings. The van der Waals surface area contributed by atoms with E-state index in [1.807, 2.05) is 36.4 Å². The second kappa shape index (κ2) is 10.3. The van der Waals surface area contributed by atoms with Gasteiger partial charge in [-0.05, 0) is 42.0 Å². The van der Waals surface area contributed by atoms with E-state index in [9.17, 15) is 14.0 Å². The highest BCUT2D eigenvalue weighted by Crippen LogP contribution is 2.32. The summed E-state index contributed by atoms with van der Waals surface area (Å²) in [7, 11) is 1.53. The summed E-state index contributed by atoms with van der Waals surface area (Å²) >= 11 is 1.21. The molecular weight excluding hydrogens is 441 g/mol. The van der Waals surface area contributed by atoms with Crippen LogP contribution >= 0.6 is 11.8 Å². The highest BCUT2D eigenvalue weighted by atomic mass is 32.2. The van der Waals surface area contributed by atoms with Crippen LogP contribution < -0.4 is 10.1 Å². The molecule has 168 valence electrons. The minimum Gasteiger partial charge on any atom is -0.495 e. The number of carbonyl (C=O) groups excluding carboxylic acids is 2. The number of hydrogen-bond donors (Lipinski definition) is 1. The number of halogens is 1. The van der Waals surface area contributed by atoms with E-state index in [4.69, 9.17) is 4.74 Å². The van der Waals surface area contributed by atoms with Crippen molar-refractivity contribution in [2.75, 3.05) is 12.4 Å². The van der Waals surface area contributed by atoms with Crippen molar-refractivity contribution in [3.63, 3.8) is 0 Å². The van der Waals surface area contributed by atoms with Gasteiger partial charge in [0.25, 0.3) is 0 Å². The smallest absolute Gasteiger partial charge is 0.238 e. The highest BCUT2D eigenvalue weighted by molar-refractivity contribution is 8.15. The highest BCUT2D eigenvalue weighted by Gasteiger charge is 2.36. The maximum atomic E-state index is 13.3. The number of amidine groups is 1. The fourth-order valence-electron chi connectivity index (χ4n) is 3.35. The molecule has 0 aromatic heterocycles. The summed E-state index contributed by atoms with van der Waals surface area (Å²) < 4.78 is 18.6. The Morgan fingerprint density at radius 3 is 2.52 bits per heavy atom. The predicted octanol–water partition coefficient (Wildman–Crippen LogP) is 4.99. The number of hydrogen-bond acceptors (Lipinski definition) is 5. The molecule has 1 N–H and O–H groups in total. The molecule has 3 aromatic carbocycles. The zero-order valence-electron chi connectivity index (χ0n) is 17.9. The number of aliphatic imine (C=N–C) groups is 1. The number of nitrogens with zero attached hydrogens (tertiary/aromatic N) is 2. The Morgan fingerprint density at radius 1 is 1.09 bits per heavy atom. The lowest BCUT2D eigenvalue weighted by Crippen LogP contribution is -2.44. The van der Waals surface area contributed by atoms with Gasteiger partial charge in [-0.15, -0.1) is 0 Å². The first-order valence-electron chi connectivity index (χ1n) is 10.3. The lowest BCUT2D eigenvalue weighted by atomic mass is 10.2. The van der Waals surface area contributed by atoms with E-state index in [1.165, 1.54) is 43.1 Å². The monoisotopic (exact) mass is 463 g/mol. The van der Waals surface area contributed by atoms with Crippen molar-refractivity contribution in [1.82, 2.24) is 4.90 Å². The molecule has 0 spiro atoms. The molecule has 0 radical (unpaired) electrons. The van der Waals surface area contributed by atoms with E-state index >= 15 is 0 Å². The second-order valence-electron chi connectivity index (χ2n) is 7.34. The number of methoxy groups -OCH3 is 1. The summed E-state index contributed by atoms with van der Waals surface area (Å²) in [6, 6.07) is 22.3. The molecule has 1 aliphatic heterocycles. The van der Waals surface area contributed by atoms with E-state index in [1.54, 1.807) is 23.1 Å². The zero-order chi connectivity index (χ0) is 23.2. The largest absolute Gasteiger partial charge is 0.495 e. The minimum absolute atomic E-state index is 0.0287. The number of ether oxygens (including phenoxy) is 1. The van der Waals surface area contributed by atoms with Crippen molar-refractivity contribution >= 4 is 40.1 Å². The maximum absolute atomic E-state index is 13.3. The number of anilines is 1. The van der Waals surface area contributed by atoms with Crippen LogP contribution in [0.25, 0.3) is 0 Å². The van der Waals surface area contributed by atoms with Gasteiger partial charge in [0.1, 0.15) is 16.8 Å². The molecular formula is C25H22FN3O3S. The Morgan fingerprint density at radius 2 is 1.79 bits per heavy atom. The van der Waals surface area contributed by atoms with Gasteiger partial charge in [0, 0.05) is 6.42 Å². The van der Waals surface area contributed by atoms with Gasteiger partial charge in [-0.25, -0.2) is 9.38 Å². The van der Waals surface area contributed by atoms with E-state index < -0.39 is 5.25 Å². The van der Waals surface area contributed by atoms with Crippen LogP contribution in [0.3, 0.4) is 0 Å². The molecule has 1 saturated heterocycles. The van der Waals surface area contributed by atoms with Crippen molar-refractivity contribution < 1.29 is 18.7 Å². The van der Waals surface area contributed by atoms with Crippen LogP contribution in [0.5, 0.6) is 5.75 Å². The van der Waals surface area contributed by atoms with Crippen molar-refractivity contribution in [3.05, 3.63) is 90.2 Å². The summed E-state index contributed by atoms with van der Waals surface area (Å²) in [5.74, 6) is -0.368. The lowest BCUT2D eigenvalue weighted by Gasteiger charge is -2.32. The topological polar surface area (TPSA) is 71.0 Å². The van der Waals surface area contributed by atoms with Gasteiger partial charge in [-0.3, -0.25) is 14.5 Å². The maximum Gasteiger partial charge on any atom is 0.238 e. The molecule has 0 aliphatic carbocycles. The number of nitrogens with one attached hydrogen (secondary N) is 1. The third-order valence-corrected chi connectivity index (χ3v) is 6.22. The van der Waals surface area contributed by atoms with Crippen molar-refractivity contribution in [2.45, 2.75) is 18.2 Å². The fraction of sp³-hybridized carbons (Fsp3) is 0.160. The molecule has 0 saturated carbocycles. The van der Waals surface area contributed by atoms with E-state index in [2.05, 4.69) is 10.3 Å². The predicted molar refractivity (Wildman–Crippen MR) is 128 cm³/mol. The molecule has 0 bridgehead atoms. The summed E-state index contributed by atoms with van der Waals surface area (Å²) in [5.41, 5.74) is 1.97. The summed E-state index contributed by atoms with van der Waals surface area (Å²) in [4.78, 5) is 32.3. The first kappa shape index (κ1) is 22.5. The van der Waals surface area contributed by atoms with E-state index in [0.717, 1.165) is 5.56 Å². The lowest BCUT2D eigenvalue weighted by molar-refractivity contribution is -0.129. The Kier molecular flexibility index (Phi) is 7.04. The Balaban J connectivity index is 1.60. The number of para-hydroxylation sites is 2. The molecule has 1 atom stereocenters.